The molecule has 7 nitrogen and oxygen atoms in total. The Kier molecular flexibility index (Phi) is 6.74. The molecule has 10 heteroatoms. The number of carbonyl (C=O) groups is 1. The average molecular weight is 490 g/mol. The van der Waals surface area contributed by atoms with E-state index >= 15 is 0 Å². The largest absolute Gasteiger partial charge is 0.325 e. The molecule has 2 heterocycles. The van der Waals surface area contributed by atoms with Crippen molar-refractivity contribution in [2.45, 2.75) is 32.0 Å². The predicted octanol–water partition coefficient (Wildman–Crippen LogP) is 5.13. The van der Waals surface area contributed by atoms with Gasteiger partial charge in [0.1, 0.15) is 0 Å². The zero-order valence-corrected chi connectivity index (χ0v) is 19.8. The fraction of sp³-hybridized carbons (Fsp3) is 0.273. The van der Waals surface area contributed by atoms with Crippen LogP contribution < -0.4 is 10.9 Å². The summed E-state index contributed by atoms with van der Waals surface area (Å²) < 4.78 is 3.50. The topological polar surface area (TPSA) is 81.3 Å². The fourth-order valence-electron chi connectivity index (χ4n) is 3.32. The van der Waals surface area contributed by atoms with E-state index in [1.54, 1.807) is 28.8 Å². The lowest BCUT2D eigenvalue weighted by Crippen LogP contribution is -2.24. The van der Waals surface area contributed by atoms with Crippen LogP contribution in [0.15, 0.2) is 52.4 Å². The number of rotatable bonds is 7. The van der Waals surface area contributed by atoms with Crippen molar-refractivity contribution in [2.75, 3.05) is 11.1 Å². The highest BCUT2D eigenvalue weighted by atomic mass is 35.5. The smallest absolute Gasteiger partial charge is 0.262 e. The molecule has 0 fully saturated rings. The second kappa shape index (κ2) is 9.52. The van der Waals surface area contributed by atoms with Crippen molar-refractivity contribution in [3.05, 3.63) is 62.9 Å². The Morgan fingerprint density at radius 3 is 2.66 bits per heavy atom. The molecule has 0 aliphatic rings. The summed E-state index contributed by atoms with van der Waals surface area (Å²) in [6, 6.07) is 12.3. The highest BCUT2D eigenvalue weighted by Gasteiger charge is 2.18. The van der Waals surface area contributed by atoms with Crippen LogP contribution in [0.2, 0.25) is 10.0 Å². The minimum absolute atomic E-state index is 0.0879. The highest BCUT2D eigenvalue weighted by molar-refractivity contribution is 7.99. The molecule has 0 aliphatic carbocycles. The van der Waals surface area contributed by atoms with E-state index in [9.17, 15) is 9.59 Å². The Morgan fingerprint density at radius 2 is 1.91 bits per heavy atom. The molecule has 1 amide bonds. The maximum absolute atomic E-state index is 13.1. The molecule has 0 bridgehead atoms. The summed E-state index contributed by atoms with van der Waals surface area (Å²) in [5, 5.41) is 13.3. The standard InChI is InChI=1S/C22H21Cl2N5O2S/c1-13(2)9-10-28-20(31)15-5-3-4-6-18(15)29-21(28)26-27-22(29)32-12-19(30)25-14-7-8-16(23)17(24)11-14/h3-8,11,13H,9-10,12H2,1-2H3,(H,25,30). The summed E-state index contributed by atoms with van der Waals surface area (Å²) in [6.07, 6.45) is 0.843. The minimum atomic E-state index is -0.220. The number of aryl methyl sites for hydroxylation is 1. The average Bonchev–Trinajstić information content (AvgIpc) is 3.18. The van der Waals surface area contributed by atoms with Crippen LogP contribution in [0.5, 0.6) is 0 Å². The zero-order valence-electron chi connectivity index (χ0n) is 17.5. The van der Waals surface area contributed by atoms with Crippen molar-refractivity contribution < 1.29 is 4.79 Å². The molecule has 2 aromatic heterocycles. The Morgan fingerprint density at radius 1 is 1.12 bits per heavy atom. The van der Waals surface area contributed by atoms with E-state index in [4.69, 9.17) is 23.2 Å². The quantitative estimate of drug-likeness (QED) is 0.364. The second-order valence-corrected chi connectivity index (χ2v) is 9.50. The molecule has 32 heavy (non-hydrogen) atoms. The number of anilines is 1. The summed E-state index contributed by atoms with van der Waals surface area (Å²) in [5.74, 6) is 0.806. The number of carbonyl (C=O) groups excluding carboxylic acids is 1. The molecule has 0 saturated carbocycles. The van der Waals surface area contributed by atoms with Gasteiger partial charge in [0, 0.05) is 12.2 Å². The number of nitrogens with zero attached hydrogens (tertiary/aromatic N) is 4. The van der Waals surface area contributed by atoms with Crippen LogP contribution in [0, 0.1) is 5.92 Å². The van der Waals surface area contributed by atoms with Crippen LogP contribution in [-0.2, 0) is 11.3 Å². The van der Waals surface area contributed by atoms with Crippen LogP contribution in [-0.4, -0.2) is 30.8 Å². The molecule has 0 unspecified atom stereocenters. The lowest BCUT2D eigenvalue weighted by atomic mass is 10.1. The van der Waals surface area contributed by atoms with Crippen molar-refractivity contribution in [3.63, 3.8) is 0 Å². The Balaban J connectivity index is 1.64. The lowest BCUT2D eigenvalue weighted by molar-refractivity contribution is -0.113. The van der Waals surface area contributed by atoms with E-state index in [1.165, 1.54) is 11.8 Å². The first-order chi connectivity index (χ1) is 15.3. The van der Waals surface area contributed by atoms with E-state index in [1.807, 2.05) is 22.6 Å². The van der Waals surface area contributed by atoms with E-state index in [-0.39, 0.29) is 17.2 Å². The third-order valence-electron chi connectivity index (χ3n) is 4.94. The first kappa shape index (κ1) is 22.6. The SMILES string of the molecule is CC(C)CCn1c(=O)c2ccccc2n2c(SCC(=O)Nc3ccc(Cl)c(Cl)c3)nnc12. The van der Waals surface area contributed by atoms with Gasteiger partial charge in [-0.2, -0.15) is 0 Å². The molecule has 1 N–H and O–H groups in total. The van der Waals surface area contributed by atoms with Crippen LogP contribution >= 0.6 is 35.0 Å². The fourth-order valence-corrected chi connectivity index (χ4v) is 4.36. The van der Waals surface area contributed by atoms with Crippen LogP contribution in [0.25, 0.3) is 16.7 Å². The van der Waals surface area contributed by atoms with E-state index < -0.39 is 0 Å². The van der Waals surface area contributed by atoms with Gasteiger partial charge in [0.2, 0.25) is 11.7 Å². The monoisotopic (exact) mass is 489 g/mol. The van der Waals surface area contributed by atoms with Crippen molar-refractivity contribution >= 4 is 63.2 Å². The summed E-state index contributed by atoms with van der Waals surface area (Å²) in [7, 11) is 0. The Bertz CT molecular complexity index is 1370. The number of amides is 1. The van der Waals surface area contributed by atoms with Gasteiger partial charge in [0.25, 0.3) is 5.56 Å². The van der Waals surface area contributed by atoms with Crippen LogP contribution in [0.3, 0.4) is 0 Å². The van der Waals surface area contributed by atoms with E-state index in [0.717, 1.165) is 6.42 Å². The summed E-state index contributed by atoms with van der Waals surface area (Å²) in [6.45, 7) is 4.77. The molecule has 0 spiro atoms. The van der Waals surface area contributed by atoms with Gasteiger partial charge in [0.15, 0.2) is 5.16 Å². The van der Waals surface area contributed by atoms with Gasteiger partial charge >= 0.3 is 0 Å². The van der Waals surface area contributed by atoms with Gasteiger partial charge in [-0.25, -0.2) is 0 Å². The molecule has 0 radical (unpaired) electrons. The Labute approximate surface area is 198 Å². The van der Waals surface area contributed by atoms with E-state index in [2.05, 4.69) is 29.4 Å². The molecule has 4 aromatic rings. The third kappa shape index (κ3) is 4.62. The Hall–Kier alpha value is -2.55. The van der Waals surface area contributed by atoms with Crippen molar-refractivity contribution in [1.29, 1.82) is 0 Å². The number of benzene rings is 2. The van der Waals surface area contributed by atoms with Crippen molar-refractivity contribution in [3.8, 4) is 0 Å². The maximum atomic E-state index is 13.1. The number of thioether (sulfide) groups is 1. The molecular weight excluding hydrogens is 469 g/mol. The molecular formula is C22H21Cl2N5O2S. The number of para-hydroxylation sites is 1. The number of nitrogens with one attached hydrogen (secondary N) is 1. The first-order valence-electron chi connectivity index (χ1n) is 10.1. The molecule has 4 rings (SSSR count). The van der Waals surface area contributed by atoms with Crippen LogP contribution in [0.1, 0.15) is 20.3 Å². The summed E-state index contributed by atoms with van der Waals surface area (Å²) in [4.78, 5) is 25.6. The summed E-state index contributed by atoms with van der Waals surface area (Å²) >= 11 is 13.2. The van der Waals surface area contributed by atoms with Gasteiger partial charge in [-0.1, -0.05) is 60.9 Å². The zero-order chi connectivity index (χ0) is 22.8. The molecule has 0 saturated heterocycles. The molecule has 166 valence electrons. The number of fused-ring (bicyclic) bond motifs is 3. The van der Waals surface area contributed by atoms with Crippen LogP contribution in [0.4, 0.5) is 5.69 Å². The van der Waals surface area contributed by atoms with Gasteiger partial charge in [-0.15, -0.1) is 10.2 Å². The highest BCUT2D eigenvalue weighted by Crippen LogP contribution is 2.26. The van der Waals surface area contributed by atoms with Gasteiger partial charge in [-0.3, -0.25) is 18.6 Å². The minimum Gasteiger partial charge on any atom is -0.325 e. The van der Waals surface area contributed by atoms with Gasteiger partial charge < -0.3 is 5.32 Å². The number of halogens is 2. The predicted molar refractivity (Wildman–Crippen MR) is 130 cm³/mol. The number of hydrogen-bond donors (Lipinski definition) is 1. The second-order valence-electron chi connectivity index (χ2n) is 7.74. The van der Waals surface area contributed by atoms with Crippen molar-refractivity contribution in [2.24, 2.45) is 5.92 Å². The molecule has 0 atom stereocenters. The van der Waals surface area contributed by atoms with E-state index in [0.29, 0.717) is 50.0 Å². The third-order valence-corrected chi connectivity index (χ3v) is 6.61. The van der Waals surface area contributed by atoms with Gasteiger partial charge in [-0.05, 0) is 42.7 Å². The molecule has 0 aliphatic heterocycles. The number of aromatic nitrogens is 4. The first-order valence-corrected chi connectivity index (χ1v) is 11.8. The maximum Gasteiger partial charge on any atom is 0.262 e. The summed E-state index contributed by atoms with van der Waals surface area (Å²) in [5.41, 5.74) is 1.19. The normalized spacial score (nSPS) is 11.5. The number of hydrogen-bond acceptors (Lipinski definition) is 5. The van der Waals surface area contributed by atoms with Crippen molar-refractivity contribution in [1.82, 2.24) is 19.2 Å². The lowest BCUT2D eigenvalue weighted by Gasteiger charge is -2.12. The molecule has 2 aromatic carbocycles. The van der Waals surface area contributed by atoms with Gasteiger partial charge in [0.05, 0.1) is 26.7 Å².